The zero-order valence-corrected chi connectivity index (χ0v) is 35.5. The topological polar surface area (TPSA) is 137 Å². The third kappa shape index (κ3) is 5.47. The van der Waals surface area contributed by atoms with Crippen molar-refractivity contribution in [2.75, 3.05) is 65.4 Å². The quantitative estimate of drug-likeness (QED) is 0.216. The van der Waals surface area contributed by atoms with Crippen LogP contribution < -0.4 is 15.0 Å². The molecule has 1 saturated carbocycles. The maximum atomic E-state index is 15.3. The summed E-state index contributed by atoms with van der Waals surface area (Å²) in [5.41, 5.74) is 2.34. The number of para-hydroxylation sites is 1. The molecule has 5 aliphatic heterocycles. The van der Waals surface area contributed by atoms with Gasteiger partial charge in [-0.1, -0.05) is 55.8 Å². The highest BCUT2D eigenvalue weighted by atomic mass is 16.6. The lowest BCUT2D eigenvalue weighted by molar-refractivity contribution is -0.217. The summed E-state index contributed by atoms with van der Waals surface area (Å²) in [4.78, 5) is 52.1. The van der Waals surface area contributed by atoms with Crippen LogP contribution in [0.1, 0.15) is 75.8 Å². The minimum Gasteiger partial charge on any atom is -0.496 e. The van der Waals surface area contributed by atoms with Crippen molar-refractivity contribution in [2.45, 2.75) is 94.4 Å². The average Bonchev–Trinajstić information content (AvgIpc) is 3.89. The van der Waals surface area contributed by atoms with E-state index >= 15 is 4.79 Å². The van der Waals surface area contributed by atoms with Gasteiger partial charge in [0.2, 0.25) is 5.91 Å². The summed E-state index contributed by atoms with van der Waals surface area (Å²) in [6.07, 6.45) is 9.15. The second-order valence-electron chi connectivity index (χ2n) is 18.1. The van der Waals surface area contributed by atoms with E-state index in [2.05, 4.69) is 81.3 Å². The van der Waals surface area contributed by atoms with Crippen LogP contribution in [0.2, 0.25) is 0 Å². The predicted molar refractivity (Wildman–Crippen MR) is 226 cm³/mol. The number of carbonyl (C=O) groups is 3. The van der Waals surface area contributed by atoms with E-state index < -0.39 is 40.0 Å². The molecule has 3 N–H and O–H groups in total. The van der Waals surface area contributed by atoms with Crippen molar-refractivity contribution in [3.05, 3.63) is 82.6 Å². The number of esters is 2. The number of likely N-dealkylation sites (N-methyl/N-ethyl adjacent to an activating group) is 1. The van der Waals surface area contributed by atoms with Gasteiger partial charge in [0, 0.05) is 97.9 Å². The number of aromatic nitrogens is 1. The largest absolute Gasteiger partial charge is 0.496 e. The zero-order valence-electron chi connectivity index (χ0n) is 35.5. The lowest BCUT2D eigenvalue weighted by atomic mass is 9.47. The van der Waals surface area contributed by atoms with E-state index in [0.29, 0.717) is 31.6 Å². The third-order valence-corrected chi connectivity index (χ3v) is 15.3. The summed E-state index contributed by atoms with van der Waals surface area (Å²) in [5.74, 6) is -0.534. The van der Waals surface area contributed by atoms with Crippen LogP contribution in [-0.2, 0) is 41.1 Å². The molecule has 12 heteroatoms. The predicted octanol–water partition coefficient (Wildman–Crippen LogP) is 4.76. The molecule has 0 radical (unpaired) electrons. The van der Waals surface area contributed by atoms with Gasteiger partial charge in [-0.25, -0.2) is 0 Å². The van der Waals surface area contributed by atoms with Crippen LogP contribution in [0.3, 0.4) is 0 Å². The van der Waals surface area contributed by atoms with Crippen molar-refractivity contribution in [1.29, 1.82) is 0 Å². The number of fused-ring (bicyclic) bond motifs is 6. The van der Waals surface area contributed by atoms with Gasteiger partial charge in [-0.3, -0.25) is 24.2 Å². The number of methoxy groups -OCH3 is 2. The molecule has 2 bridgehead atoms. The van der Waals surface area contributed by atoms with Gasteiger partial charge in [-0.05, 0) is 67.8 Å². The number of aromatic amines is 1. The van der Waals surface area contributed by atoms with E-state index in [4.69, 9.17) is 14.2 Å². The molecule has 1 spiro atoms. The van der Waals surface area contributed by atoms with Crippen LogP contribution in [0.25, 0.3) is 10.9 Å². The van der Waals surface area contributed by atoms with Gasteiger partial charge in [-0.2, -0.15) is 0 Å². The van der Waals surface area contributed by atoms with E-state index in [1.165, 1.54) is 26.5 Å². The molecule has 314 valence electrons. The Labute approximate surface area is 346 Å². The molecule has 9 rings (SSSR count). The maximum absolute atomic E-state index is 15.3. The van der Waals surface area contributed by atoms with E-state index in [1.54, 1.807) is 7.11 Å². The number of amides is 1. The van der Waals surface area contributed by atoms with Crippen molar-refractivity contribution in [2.24, 2.45) is 11.3 Å². The van der Waals surface area contributed by atoms with Crippen LogP contribution in [0, 0.1) is 11.3 Å². The van der Waals surface area contributed by atoms with Crippen LogP contribution in [0.15, 0.2) is 60.2 Å². The highest BCUT2D eigenvalue weighted by molar-refractivity contribution is 5.94. The summed E-state index contributed by atoms with van der Waals surface area (Å²) < 4.78 is 18.7. The molecule has 12 nitrogen and oxygen atoms in total. The number of carbonyl (C=O) groups excluding carboxylic acids is 3. The number of aliphatic hydroxyl groups is 1. The summed E-state index contributed by atoms with van der Waals surface area (Å²) in [5, 5.41) is 17.6. The first kappa shape index (κ1) is 39.8. The molecule has 2 fully saturated rings. The van der Waals surface area contributed by atoms with Gasteiger partial charge < -0.3 is 34.5 Å². The fourth-order valence-corrected chi connectivity index (χ4v) is 13.3. The van der Waals surface area contributed by atoms with Crippen LogP contribution in [-0.4, -0.2) is 122 Å². The second kappa shape index (κ2) is 14.2. The zero-order chi connectivity index (χ0) is 41.6. The molecule has 6 heterocycles. The van der Waals surface area contributed by atoms with Crippen molar-refractivity contribution in [3.8, 4) is 5.75 Å². The smallest absolute Gasteiger partial charge is 0.322 e. The molecule has 1 aromatic heterocycles. The first-order chi connectivity index (χ1) is 28.3. The van der Waals surface area contributed by atoms with Gasteiger partial charge in [0.1, 0.15) is 22.9 Å². The van der Waals surface area contributed by atoms with E-state index in [0.717, 1.165) is 78.0 Å². The Kier molecular flexibility index (Phi) is 9.60. The Bertz CT molecular complexity index is 2280. The lowest BCUT2D eigenvalue weighted by Crippen LogP contribution is -2.81. The van der Waals surface area contributed by atoms with Crippen molar-refractivity contribution in [3.63, 3.8) is 0 Å². The summed E-state index contributed by atoms with van der Waals surface area (Å²) in [7, 11) is 5.13. The fourth-order valence-electron chi connectivity index (χ4n) is 13.3. The highest BCUT2D eigenvalue weighted by Crippen LogP contribution is 2.68. The molecule has 1 aliphatic carbocycles. The first-order valence-corrected chi connectivity index (χ1v) is 21.4. The maximum Gasteiger partial charge on any atom is 0.322 e. The van der Waals surface area contributed by atoms with Crippen LogP contribution in [0.5, 0.6) is 5.75 Å². The van der Waals surface area contributed by atoms with Gasteiger partial charge >= 0.3 is 11.9 Å². The molecular weight excluding hydrogens is 747 g/mol. The van der Waals surface area contributed by atoms with Crippen molar-refractivity contribution in [1.82, 2.24) is 20.1 Å². The third-order valence-electron chi connectivity index (χ3n) is 15.3. The number of nitrogens with one attached hydrogen (secondary N) is 2. The van der Waals surface area contributed by atoms with E-state index in [1.807, 2.05) is 19.2 Å². The van der Waals surface area contributed by atoms with E-state index in [-0.39, 0.29) is 30.4 Å². The first-order valence-electron chi connectivity index (χ1n) is 21.4. The number of rotatable bonds is 8. The number of hydrogen-bond donors (Lipinski definition) is 3. The van der Waals surface area contributed by atoms with Crippen LogP contribution >= 0.6 is 0 Å². The Hall–Kier alpha value is -4.65. The number of hydrogen-bond acceptors (Lipinski definition) is 10. The highest BCUT2D eigenvalue weighted by Gasteiger charge is 2.78. The van der Waals surface area contributed by atoms with Gasteiger partial charge in [-0.15, -0.1) is 0 Å². The SMILES string of the molecule is CCC1=C[C@H]2CN(CCc3c([nH]c4ccccc34)[C@@](C(=O)OC)(c3cc4c(cc3OC)N(C)[C@H]3[C@@](O)(CNC(C)=O)[C@H](OC(C)=O)[C@]5(CC)C=CCN6CC[C@]43[C@@H]65)C2)C1. The number of H-pyrrole nitrogens is 1. The van der Waals surface area contributed by atoms with Crippen LogP contribution in [0.4, 0.5) is 5.69 Å². The minimum atomic E-state index is -1.72. The Morgan fingerprint density at radius 3 is 2.56 bits per heavy atom. The Morgan fingerprint density at radius 1 is 1.05 bits per heavy atom. The molecule has 2 aromatic carbocycles. The standard InChI is InChI=1S/C47H59N5O7/c1-8-30-21-31-24-46(43(55)58-7,39-33(15-19-51(25-30)26-31)32-13-10-11-14-36(32)49-39)35-22-34-37(23-38(35)57-6)50(5)41-45(34)17-20-52-18-12-16-44(9-2,40(45)52)42(59-29(4)54)47(41,56)27-48-28(3)53/h10-14,16,21-23,31,40-42,49,56H,8-9,15,17-20,24-27H2,1-7H3,(H,48,53)/t31-,40+,41-,42-,44-,45-,46+,47+/m1/s1. The molecule has 6 aliphatic rings. The molecule has 3 aromatic rings. The van der Waals surface area contributed by atoms with Gasteiger partial charge in [0.25, 0.3) is 0 Å². The number of nitrogens with zero attached hydrogens (tertiary/aromatic N) is 3. The number of ether oxygens (including phenoxy) is 3. The molecule has 1 unspecified atom stereocenters. The Balaban J connectivity index is 1.36. The molecule has 1 amide bonds. The monoisotopic (exact) mass is 805 g/mol. The van der Waals surface area contributed by atoms with Crippen molar-refractivity contribution < 1.29 is 33.7 Å². The number of benzene rings is 2. The Morgan fingerprint density at radius 2 is 1.85 bits per heavy atom. The molecule has 1 saturated heterocycles. The van der Waals surface area contributed by atoms with Gasteiger partial charge in [0.05, 0.1) is 26.8 Å². The summed E-state index contributed by atoms with van der Waals surface area (Å²) >= 11 is 0. The fraction of sp³-hybridized carbons (Fsp3) is 0.553. The normalized spacial score (nSPS) is 34.3. The summed E-state index contributed by atoms with van der Waals surface area (Å²) in [6, 6.07) is 11.8. The second-order valence-corrected chi connectivity index (χ2v) is 18.1. The number of anilines is 1. The minimum absolute atomic E-state index is 0.0434. The summed E-state index contributed by atoms with van der Waals surface area (Å²) in [6.45, 7) is 11.1. The van der Waals surface area contributed by atoms with E-state index in [9.17, 15) is 14.7 Å². The average molecular weight is 806 g/mol. The lowest BCUT2D eigenvalue weighted by Gasteiger charge is -2.64. The molecule has 59 heavy (non-hydrogen) atoms. The molecule has 9 atom stereocenters. The molecular formula is C47H59N5O7. The van der Waals surface area contributed by atoms with Gasteiger partial charge in [0.15, 0.2) is 0 Å². The van der Waals surface area contributed by atoms with Crippen molar-refractivity contribution >= 4 is 34.4 Å².